The van der Waals surface area contributed by atoms with Crippen molar-refractivity contribution in [2.75, 3.05) is 24.5 Å². The SMILES string of the molecule is C1CC1c1nsc(N2CC[C@H]3CNC[C@H]32)n1. The van der Waals surface area contributed by atoms with E-state index in [2.05, 4.69) is 14.6 Å². The van der Waals surface area contributed by atoms with E-state index < -0.39 is 0 Å². The molecule has 2 saturated heterocycles. The van der Waals surface area contributed by atoms with Crippen LogP contribution >= 0.6 is 11.5 Å². The van der Waals surface area contributed by atoms with Gasteiger partial charge in [0.05, 0.1) is 0 Å². The first kappa shape index (κ1) is 9.36. The summed E-state index contributed by atoms with van der Waals surface area (Å²) in [5, 5.41) is 4.65. The highest BCUT2D eigenvalue weighted by atomic mass is 32.1. The third-order valence-corrected chi connectivity index (χ3v) is 4.83. The van der Waals surface area contributed by atoms with Crippen LogP contribution in [0.15, 0.2) is 0 Å². The normalized spacial score (nSPS) is 33.4. The van der Waals surface area contributed by atoms with Gasteiger partial charge >= 0.3 is 0 Å². The number of rotatable bonds is 2. The highest BCUT2D eigenvalue weighted by molar-refractivity contribution is 7.09. The van der Waals surface area contributed by atoms with Crippen molar-refractivity contribution < 1.29 is 0 Å². The van der Waals surface area contributed by atoms with Gasteiger partial charge in [0.15, 0.2) is 0 Å². The zero-order chi connectivity index (χ0) is 10.5. The van der Waals surface area contributed by atoms with E-state index in [0.717, 1.165) is 23.4 Å². The molecule has 3 heterocycles. The number of anilines is 1. The minimum Gasteiger partial charge on any atom is -0.342 e. The van der Waals surface area contributed by atoms with Gasteiger partial charge in [-0.1, -0.05) is 0 Å². The van der Waals surface area contributed by atoms with Crippen molar-refractivity contribution in [3.63, 3.8) is 0 Å². The number of nitrogens with zero attached hydrogens (tertiary/aromatic N) is 3. The number of aromatic nitrogens is 2. The van der Waals surface area contributed by atoms with E-state index in [9.17, 15) is 0 Å². The molecule has 0 spiro atoms. The van der Waals surface area contributed by atoms with Crippen molar-refractivity contribution in [3.8, 4) is 0 Å². The van der Waals surface area contributed by atoms with E-state index in [1.807, 2.05) is 0 Å². The lowest BCUT2D eigenvalue weighted by molar-refractivity contribution is 0.578. The smallest absolute Gasteiger partial charge is 0.205 e. The molecule has 0 unspecified atom stereocenters. The maximum absolute atomic E-state index is 4.72. The highest BCUT2D eigenvalue weighted by Gasteiger charge is 2.39. The zero-order valence-electron chi connectivity index (χ0n) is 9.22. The quantitative estimate of drug-likeness (QED) is 0.838. The molecule has 5 heteroatoms. The van der Waals surface area contributed by atoms with Crippen LogP contribution in [0.25, 0.3) is 0 Å². The number of nitrogens with one attached hydrogen (secondary N) is 1. The summed E-state index contributed by atoms with van der Waals surface area (Å²) in [6, 6.07) is 0.681. The molecule has 1 aliphatic carbocycles. The molecule has 0 aromatic carbocycles. The van der Waals surface area contributed by atoms with Gasteiger partial charge in [-0.25, -0.2) is 4.98 Å². The Morgan fingerprint density at radius 2 is 2.19 bits per heavy atom. The van der Waals surface area contributed by atoms with Gasteiger partial charge in [0, 0.05) is 43.1 Å². The summed E-state index contributed by atoms with van der Waals surface area (Å²) < 4.78 is 4.51. The van der Waals surface area contributed by atoms with Gasteiger partial charge in [0.1, 0.15) is 5.82 Å². The lowest BCUT2D eigenvalue weighted by Gasteiger charge is -2.21. The predicted molar refractivity (Wildman–Crippen MR) is 64.0 cm³/mol. The average molecular weight is 236 g/mol. The first-order chi connectivity index (χ1) is 7.92. The third kappa shape index (κ3) is 1.38. The number of hydrogen-bond donors (Lipinski definition) is 1. The van der Waals surface area contributed by atoms with Crippen molar-refractivity contribution in [3.05, 3.63) is 5.82 Å². The van der Waals surface area contributed by atoms with Crippen LogP contribution in [0.4, 0.5) is 5.13 Å². The van der Waals surface area contributed by atoms with E-state index in [1.54, 1.807) is 11.5 Å². The summed E-state index contributed by atoms with van der Waals surface area (Å²) >= 11 is 1.60. The van der Waals surface area contributed by atoms with Gasteiger partial charge in [0.25, 0.3) is 0 Å². The molecule has 1 aromatic heterocycles. The van der Waals surface area contributed by atoms with Crippen LogP contribution in [-0.2, 0) is 0 Å². The second kappa shape index (κ2) is 3.40. The largest absolute Gasteiger partial charge is 0.342 e. The molecule has 3 aliphatic rings. The van der Waals surface area contributed by atoms with Gasteiger partial charge in [-0.3, -0.25) is 0 Å². The Kier molecular flexibility index (Phi) is 1.99. The Balaban J connectivity index is 1.59. The van der Waals surface area contributed by atoms with Crippen molar-refractivity contribution in [2.24, 2.45) is 5.92 Å². The summed E-state index contributed by atoms with van der Waals surface area (Å²) in [4.78, 5) is 7.20. The fourth-order valence-corrected chi connectivity index (χ4v) is 3.77. The molecule has 0 radical (unpaired) electrons. The molecule has 16 heavy (non-hydrogen) atoms. The Labute approximate surface area is 99.2 Å². The van der Waals surface area contributed by atoms with Gasteiger partial charge in [-0.15, -0.1) is 0 Å². The van der Waals surface area contributed by atoms with Crippen LogP contribution in [0.2, 0.25) is 0 Å². The molecule has 0 amide bonds. The molecule has 2 aliphatic heterocycles. The summed E-state index contributed by atoms with van der Waals surface area (Å²) in [5.74, 6) is 2.63. The van der Waals surface area contributed by atoms with Crippen molar-refractivity contribution in [2.45, 2.75) is 31.2 Å². The Hall–Kier alpha value is -0.680. The molecule has 1 aromatic rings. The van der Waals surface area contributed by atoms with Crippen LogP contribution in [0, 0.1) is 5.92 Å². The van der Waals surface area contributed by atoms with Crippen LogP contribution in [0.5, 0.6) is 0 Å². The van der Waals surface area contributed by atoms with E-state index >= 15 is 0 Å². The Bertz CT molecular complexity index is 400. The second-order valence-electron chi connectivity index (χ2n) is 5.18. The number of fused-ring (bicyclic) bond motifs is 1. The van der Waals surface area contributed by atoms with Crippen LogP contribution < -0.4 is 10.2 Å². The molecule has 0 bridgehead atoms. The summed E-state index contributed by atoms with van der Waals surface area (Å²) in [6.07, 6.45) is 3.91. The lowest BCUT2D eigenvalue weighted by Crippen LogP contribution is -2.33. The molecular weight excluding hydrogens is 220 g/mol. The second-order valence-corrected chi connectivity index (χ2v) is 5.91. The lowest BCUT2D eigenvalue weighted by atomic mass is 10.1. The van der Waals surface area contributed by atoms with E-state index in [1.165, 1.54) is 32.4 Å². The molecule has 86 valence electrons. The van der Waals surface area contributed by atoms with Gasteiger partial charge in [0.2, 0.25) is 5.13 Å². The standard InChI is InChI=1S/C11H16N4S/c1-2-7(1)10-13-11(16-14-10)15-4-3-8-5-12-6-9(8)15/h7-9,12H,1-6H2/t8-,9+/m0/s1. The van der Waals surface area contributed by atoms with Gasteiger partial charge < -0.3 is 10.2 Å². The maximum Gasteiger partial charge on any atom is 0.205 e. The van der Waals surface area contributed by atoms with E-state index in [-0.39, 0.29) is 0 Å². The molecule has 1 saturated carbocycles. The van der Waals surface area contributed by atoms with Crippen molar-refractivity contribution in [1.29, 1.82) is 0 Å². The minimum absolute atomic E-state index is 0.681. The fraction of sp³-hybridized carbons (Fsp3) is 0.818. The van der Waals surface area contributed by atoms with E-state index in [0.29, 0.717) is 12.0 Å². The van der Waals surface area contributed by atoms with Crippen LogP contribution in [0.1, 0.15) is 31.0 Å². The number of hydrogen-bond acceptors (Lipinski definition) is 5. The van der Waals surface area contributed by atoms with Gasteiger partial charge in [-0.05, 0) is 25.2 Å². The molecule has 2 atom stereocenters. The Morgan fingerprint density at radius 3 is 3.06 bits per heavy atom. The third-order valence-electron chi connectivity index (χ3n) is 4.06. The van der Waals surface area contributed by atoms with Crippen LogP contribution in [0.3, 0.4) is 0 Å². The summed E-state index contributed by atoms with van der Waals surface area (Å²) in [5.41, 5.74) is 0. The molecular formula is C11H16N4S. The summed E-state index contributed by atoms with van der Waals surface area (Å²) in [7, 11) is 0. The average Bonchev–Trinajstić information content (AvgIpc) is 2.76. The fourth-order valence-electron chi connectivity index (χ4n) is 2.94. The molecule has 4 nitrogen and oxygen atoms in total. The predicted octanol–water partition coefficient (Wildman–Crippen LogP) is 1.21. The molecule has 4 rings (SSSR count). The Morgan fingerprint density at radius 1 is 1.25 bits per heavy atom. The molecule has 1 N–H and O–H groups in total. The summed E-state index contributed by atoms with van der Waals surface area (Å²) in [6.45, 7) is 3.49. The van der Waals surface area contributed by atoms with Crippen LogP contribution in [-0.4, -0.2) is 35.0 Å². The monoisotopic (exact) mass is 236 g/mol. The maximum atomic E-state index is 4.72. The first-order valence-corrected chi connectivity index (χ1v) is 7.00. The van der Waals surface area contributed by atoms with Gasteiger partial charge in [-0.2, -0.15) is 4.37 Å². The first-order valence-electron chi connectivity index (χ1n) is 6.23. The zero-order valence-corrected chi connectivity index (χ0v) is 10.0. The molecule has 3 fully saturated rings. The highest BCUT2D eigenvalue weighted by Crippen LogP contribution is 2.41. The van der Waals surface area contributed by atoms with E-state index in [4.69, 9.17) is 4.98 Å². The minimum atomic E-state index is 0.681. The van der Waals surface area contributed by atoms with Crippen molar-refractivity contribution in [1.82, 2.24) is 14.7 Å². The van der Waals surface area contributed by atoms with Crippen molar-refractivity contribution >= 4 is 16.7 Å². The topological polar surface area (TPSA) is 41.1 Å².